The Morgan fingerprint density at radius 3 is 2.25 bits per heavy atom. The van der Waals surface area contributed by atoms with E-state index in [-0.39, 0.29) is 24.5 Å². The highest BCUT2D eigenvalue weighted by Crippen LogP contribution is 2.30. The maximum absolute atomic E-state index is 14.0. The third-order valence-electron chi connectivity index (χ3n) is 8.28. The number of amides is 7. The van der Waals surface area contributed by atoms with Crippen LogP contribution in [0.3, 0.4) is 0 Å². The number of carbonyl (C=O) groups is 7. The molecule has 0 bridgehead atoms. The van der Waals surface area contributed by atoms with Gasteiger partial charge in [0.05, 0.1) is 34.5 Å². The summed E-state index contributed by atoms with van der Waals surface area (Å²) in [6.45, 7) is 6.18. The van der Waals surface area contributed by atoms with Gasteiger partial charge in [0.15, 0.2) is 6.17 Å². The van der Waals surface area contributed by atoms with Gasteiger partial charge < -0.3 is 48.1 Å². The van der Waals surface area contributed by atoms with Gasteiger partial charge in [-0.1, -0.05) is 45.0 Å². The van der Waals surface area contributed by atoms with Crippen molar-refractivity contribution in [2.75, 3.05) is 24.6 Å². The van der Waals surface area contributed by atoms with Crippen LogP contribution in [0, 0.1) is 12.3 Å². The smallest absolute Gasteiger partial charge is 0.258 e. The summed E-state index contributed by atoms with van der Waals surface area (Å²) in [7, 11) is 0. The van der Waals surface area contributed by atoms with E-state index in [1.807, 2.05) is 6.92 Å². The van der Waals surface area contributed by atoms with E-state index in [2.05, 4.69) is 31.6 Å². The molecule has 0 radical (unpaired) electrons. The summed E-state index contributed by atoms with van der Waals surface area (Å²) < 4.78 is 0. The summed E-state index contributed by atoms with van der Waals surface area (Å²) in [6, 6.07) is 1.80. The van der Waals surface area contributed by atoms with E-state index >= 15 is 0 Å². The number of aliphatic hydroxyl groups is 1. The molecule has 2 saturated heterocycles. The first-order valence-corrected chi connectivity index (χ1v) is 18.1. The number of nitrogens with zero attached hydrogens (tertiary/aromatic N) is 2. The fourth-order valence-corrected chi connectivity index (χ4v) is 7.23. The average Bonchev–Trinajstić information content (AvgIpc) is 3.68. The van der Waals surface area contributed by atoms with E-state index in [0.717, 1.165) is 27.9 Å². The van der Waals surface area contributed by atoms with Crippen LogP contribution in [0.15, 0.2) is 29.8 Å². The molecule has 19 heteroatoms. The maximum Gasteiger partial charge on any atom is 0.258 e. The van der Waals surface area contributed by atoms with Gasteiger partial charge in [0, 0.05) is 18.7 Å². The molecular weight excluding hydrogens is 703 g/mol. The van der Waals surface area contributed by atoms with Gasteiger partial charge in [-0.05, 0) is 23.5 Å². The van der Waals surface area contributed by atoms with Gasteiger partial charge in [-0.15, -0.1) is 23.1 Å². The molecule has 10 N–H and O–H groups in total. The van der Waals surface area contributed by atoms with Crippen molar-refractivity contribution in [2.24, 2.45) is 16.9 Å². The molecule has 1 aromatic carbocycles. The number of nitrogens with one attached hydrogen (secondary N) is 5. The van der Waals surface area contributed by atoms with Crippen LogP contribution in [0.1, 0.15) is 44.5 Å². The van der Waals surface area contributed by atoms with E-state index in [1.54, 1.807) is 50.5 Å². The number of hydrogen-bond donors (Lipinski definition) is 8. The molecule has 7 amide bonds. The Labute approximate surface area is 302 Å². The highest BCUT2D eigenvalue weighted by Gasteiger charge is 2.45. The molecule has 276 valence electrons. The minimum atomic E-state index is -1.63. The fraction of sp³-hybridized carbons (Fsp3) is 0.500. The quantitative estimate of drug-likeness (QED) is 0.170. The first-order valence-electron chi connectivity index (χ1n) is 16.0. The Kier molecular flexibility index (Phi) is 12.8. The normalized spacial score (nSPS) is 26.5. The Bertz CT molecular complexity index is 1660. The van der Waals surface area contributed by atoms with Gasteiger partial charge >= 0.3 is 0 Å². The number of aliphatic hydroxyl groups excluding tert-OH is 1. The number of thiazole rings is 1. The zero-order valence-electron chi connectivity index (χ0n) is 28.6. The molecule has 6 atom stereocenters. The third kappa shape index (κ3) is 10.0. The lowest BCUT2D eigenvalue weighted by Gasteiger charge is -2.35. The van der Waals surface area contributed by atoms with Crippen molar-refractivity contribution >= 4 is 64.4 Å². The lowest BCUT2D eigenvalue weighted by atomic mass is 9.85. The molecule has 0 aliphatic carbocycles. The van der Waals surface area contributed by atoms with Gasteiger partial charge in [-0.2, -0.15) is 0 Å². The van der Waals surface area contributed by atoms with Gasteiger partial charge in [0.25, 0.3) is 5.91 Å². The first kappa shape index (κ1) is 39.2. The van der Waals surface area contributed by atoms with E-state index in [4.69, 9.17) is 11.5 Å². The second kappa shape index (κ2) is 16.6. The number of aryl methyl sites for hydroxylation is 1. The predicted molar refractivity (Wildman–Crippen MR) is 188 cm³/mol. The number of rotatable bonds is 3. The van der Waals surface area contributed by atoms with E-state index in [1.165, 1.54) is 16.2 Å². The SMILES string of the molecule is Cc1ncsc1-c1ccc([C@H]2NC(=O)[C@@H]3C[C@@H](O)CN3C(=O)[C@H](C(C)(C)C)NC(=O)CSC[C@H](C(N)=O)NC(=O)[C@H](N)NC(=O)CNC2=O)cc1. The Hall–Kier alpha value is -4.59. The Balaban J connectivity index is 1.68. The van der Waals surface area contributed by atoms with E-state index in [0.29, 0.717) is 5.56 Å². The molecule has 2 aromatic rings. The highest BCUT2D eigenvalue weighted by atomic mass is 32.2. The molecule has 2 fully saturated rings. The van der Waals surface area contributed by atoms with Crippen molar-refractivity contribution in [3.05, 3.63) is 41.0 Å². The minimum absolute atomic E-state index is 0.133. The number of fused-ring (bicyclic) bond motifs is 1. The largest absolute Gasteiger partial charge is 0.391 e. The Morgan fingerprint density at radius 2 is 1.65 bits per heavy atom. The average molecular weight is 746 g/mol. The van der Waals surface area contributed by atoms with Crippen molar-refractivity contribution < 1.29 is 38.7 Å². The van der Waals surface area contributed by atoms with Crippen LogP contribution in [0.25, 0.3) is 10.4 Å². The number of primary amides is 1. The van der Waals surface area contributed by atoms with Gasteiger partial charge in [0.1, 0.15) is 24.2 Å². The van der Waals surface area contributed by atoms with Crippen molar-refractivity contribution in [1.82, 2.24) is 36.5 Å². The van der Waals surface area contributed by atoms with Gasteiger partial charge in [-0.25, -0.2) is 4.98 Å². The van der Waals surface area contributed by atoms with Crippen molar-refractivity contribution in [2.45, 2.75) is 70.6 Å². The fourth-order valence-electron chi connectivity index (χ4n) is 5.55. The second-order valence-corrected chi connectivity index (χ2v) is 15.2. The monoisotopic (exact) mass is 745 g/mol. The standard InChI is InChI=1S/C32H43N9O8S2/c1-15-24(51-14-36-15)17-7-5-16(6-8-17)23-29(47)35-10-21(43)39-26(33)30(48)37-19(27(34)45)12-50-13-22(44)38-25(32(2,3)4)31(49)41-11-18(42)9-20(41)28(46)40-23/h5-8,14,18-20,23,25-26,42H,9-13,33H2,1-4H3,(H2,34,45)(H,35,47)(H,37,48)(H,38,44)(H,39,43)(H,40,46)/t18-,19-,20+,23-,25-,26-/m1/s1. The van der Waals surface area contributed by atoms with Gasteiger partial charge in [-0.3, -0.25) is 33.6 Å². The van der Waals surface area contributed by atoms with Crippen molar-refractivity contribution in [3.63, 3.8) is 0 Å². The Morgan fingerprint density at radius 1 is 0.961 bits per heavy atom. The zero-order chi connectivity index (χ0) is 37.6. The lowest BCUT2D eigenvalue weighted by molar-refractivity contribution is -0.144. The summed E-state index contributed by atoms with van der Waals surface area (Å²) in [4.78, 5) is 98.4. The van der Waals surface area contributed by atoms with E-state index < -0.39 is 89.7 Å². The molecule has 2 aliphatic rings. The zero-order valence-corrected chi connectivity index (χ0v) is 30.2. The molecule has 51 heavy (non-hydrogen) atoms. The molecule has 0 saturated carbocycles. The predicted octanol–water partition coefficient (Wildman–Crippen LogP) is -2.00. The van der Waals surface area contributed by atoms with E-state index in [9.17, 15) is 38.7 Å². The molecule has 17 nitrogen and oxygen atoms in total. The van der Waals surface area contributed by atoms with Crippen LogP contribution >= 0.6 is 23.1 Å². The lowest BCUT2D eigenvalue weighted by Crippen LogP contribution is -2.58. The van der Waals surface area contributed by atoms with Crippen LogP contribution in [-0.2, 0) is 33.6 Å². The summed E-state index contributed by atoms with van der Waals surface area (Å²) in [6.07, 6.45) is -2.83. The van der Waals surface area contributed by atoms with Crippen LogP contribution < -0.4 is 38.1 Å². The van der Waals surface area contributed by atoms with Crippen LogP contribution in [0.5, 0.6) is 0 Å². The number of nitrogens with two attached hydrogens (primary N) is 2. The van der Waals surface area contributed by atoms with Crippen molar-refractivity contribution in [3.8, 4) is 10.4 Å². The molecule has 1 aromatic heterocycles. The summed E-state index contributed by atoms with van der Waals surface area (Å²) >= 11 is 2.39. The topological polar surface area (TPSA) is 268 Å². The summed E-state index contributed by atoms with van der Waals surface area (Å²) in [5.74, 6) is -5.83. The number of carbonyl (C=O) groups excluding carboxylic acids is 7. The molecule has 3 heterocycles. The molecule has 4 rings (SSSR count). The third-order valence-corrected chi connectivity index (χ3v) is 10.3. The highest BCUT2D eigenvalue weighted by molar-refractivity contribution is 8.00. The number of hydrogen-bond acceptors (Lipinski definition) is 12. The second-order valence-electron chi connectivity index (χ2n) is 13.3. The minimum Gasteiger partial charge on any atom is -0.391 e. The van der Waals surface area contributed by atoms with Crippen LogP contribution in [0.4, 0.5) is 0 Å². The molecule has 0 spiro atoms. The van der Waals surface area contributed by atoms with Crippen LogP contribution in [0.2, 0.25) is 0 Å². The number of thioether (sulfide) groups is 1. The molecule has 0 unspecified atom stereocenters. The van der Waals surface area contributed by atoms with Crippen molar-refractivity contribution in [1.29, 1.82) is 0 Å². The van der Waals surface area contributed by atoms with Crippen LogP contribution in [-0.4, -0.2) is 111 Å². The van der Waals surface area contributed by atoms with Gasteiger partial charge in [0.2, 0.25) is 35.4 Å². The summed E-state index contributed by atoms with van der Waals surface area (Å²) in [5, 5.41) is 23.0. The maximum atomic E-state index is 14.0. The number of benzene rings is 1. The summed E-state index contributed by atoms with van der Waals surface area (Å²) in [5.41, 5.74) is 14.1. The molecular formula is C32H43N9O8S2. The molecule has 2 aliphatic heterocycles. The number of aromatic nitrogens is 1. The first-order chi connectivity index (χ1) is 24.0.